The van der Waals surface area contributed by atoms with Crippen LogP contribution >= 0.6 is 39.1 Å². The molecule has 2 rings (SSSR count). The van der Waals surface area contributed by atoms with Gasteiger partial charge in [0.2, 0.25) is 17.7 Å². The first-order valence-corrected chi connectivity index (χ1v) is 6.55. The van der Waals surface area contributed by atoms with Gasteiger partial charge in [-0.2, -0.15) is 9.97 Å². The first kappa shape index (κ1) is 14.2. The van der Waals surface area contributed by atoms with E-state index in [-0.39, 0.29) is 11.8 Å². The van der Waals surface area contributed by atoms with Crippen LogP contribution in [0.15, 0.2) is 22.7 Å². The van der Waals surface area contributed by atoms with E-state index in [1.807, 2.05) is 0 Å². The minimum atomic E-state index is 0.0358. The topological polar surface area (TPSA) is 70.3 Å². The number of ether oxygens (including phenoxy) is 2. The van der Waals surface area contributed by atoms with Gasteiger partial charge in [-0.05, 0) is 22.0 Å². The van der Waals surface area contributed by atoms with Crippen molar-refractivity contribution in [3.05, 3.63) is 32.7 Å². The van der Waals surface area contributed by atoms with E-state index in [2.05, 4.69) is 25.9 Å². The van der Waals surface area contributed by atoms with E-state index >= 15 is 0 Å². The van der Waals surface area contributed by atoms with Gasteiger partial charge in [0.25, 0.3) is 0 Å². The second-order valence-corrected chi connectivity index (χ2v) is 5.07. The molecule has 1 aromatic heterocycles. The number of nitrogens with zero attached hydrogens (tertiary/aromatic N) is 2. The van der Waals surface area contributed by atoms with Crippen molar-refractivity contribution >= 4 is 45.1 Å². The third-order valence-corrected chi connectivity index (χ3v) is 3.59. The minimum absolute atomic E-state index is 0.0358. The molecule has 0 atom stereocenters. The van der Waals surface area contributed by atoms with Gasteiger partial charge in [-0.25, -0.2) is 0 Å². The molecule has 1 heterocycles. The van der Waals surface area contributed by atoms with Gasteiger partial charge < -0.3 is 15.2 Å². The van der Waals surface area contributed by atoms with Crippen LogP contribution in [0.1, 0.15) is 0 Å². The highest BCUT2D eigenvalue weighted by Gasteiger charge is 2.10. The van der Waals surface area contributed by atoms with Crippen LogP contribution in [0, 0.1) is 0 Å². The fourth-order valence-electron chi connectivity index (χ4n) is 1.27. The summed E-state index contributed by atoms with van der Waals surface area (Å²) < 4.78 is 11.2. The third kappa shape index (κ3) is 3.40. The number of benzene rings is 1. The van der Waals surface area contributed by atoms with Gasteiger partial charge in [-0.3, -0.25) is 0 Å². The molecular weight excluding hydrogens is 357 g/mol. The monoisotopic (exact) mass is 363 g/mol. The average molecular weight is 365 g/mol. The molecule has 1 aromatic carbocycles. The van der Waals surface area contributed by atoms with E-state index in [0.717, 1.165) is 0 Å². The van der Waals surface area contributed by atoms with Gasteiger partial charge in [-0.15, -0.1) is 0 Å². The zero-order chi connectivity index (χ0) is 14.0. The molecule has 0 saturated heterocycles. The number of nitrogen functional groups attached to an aromatic ring is 1. The van der Waals surface area contributed by atoms with Crippen LogP contribution in [0.3, 0.4) is 0 Å². The normalized spacial score (nSPS) is 10.3. The van der Waals surface area contributed by atoms with E-state index < -0.39 is 0 Å². The Balaban J connectivity index is 2.36. The predicted molar refractivity (Wildman–Crippen MR) is 77.2 cm³/mol. The number of nitrogens with two attached hydrogens (primary N) is 1. The van der Waals surface area contributed by atoms with Crippen molar-refractivity contribution in [3.63, 3.8) is 0 Å². The Labute approximate surface area is 127 Å². The zero-order valence-corrected chi connectivity index (χ0v) is 12.8. The van der Waals surface area contributed by atoms with Gasteiger partial charge in [-0.1, -0.05) is 23.2 Å². The van der Waals surface area contributed by atoms with Gasteiger partial charge in [0.15, 0.2) is 0 Å². The van der Waals surface area contributed by atoms with Crippen LogP contribution in [-0.4, -0.2) is 17.1 Å². The van der Waals surface area contributed by atoms with Crippen LogP contribution in [-0.2, 0) is 0 Å². The molecule has 19 heavy (non-hydrogen) atoms. The third-order valence-electron chi connectivity index (χ3n) is 2.09. The van der Waals surface area contributed by atoms with Crippen molar-refractivity contribution in [2.75, 3.05) is 12.8 Å². The SMILES string of the molecule is COc1cc(Oc2cc(Cl)c(Br)cc2Cl)nc(N)n1. The van der Waals surface area contributed by atoms with E-state index in [9.17, 15) is 0 Å². The van der Waals surface area contributed by atoms with Gasteiger partial charge in [0, 0.05) is 10.5 Å². The lowest BCUT2D eigenvalue weighted by Gasteiger charge is -2.09. The Hall–Kier alpha value is -1.24. The summed E-state index contributed by atoms with van der Waals surface area (Å²) in [5, 5.41) is 0.848. The molecule has 0 radical (unpaired) electrons. The van der Waals surface area contributed by atoms with E-state index in [4.69, 9.17) is 38.4 Å². The first-order valence-electron chi connectivity index (χ1n) is 5.00. The Kier molecular flexibility index (Phi) is 4.34. The molecular formula is C11H8BrCl2N3O2. The summed E-state index contributed by atoms with van der Waals surface area (Å²) in [6, 6.07) is 4.68. The van der Waals surface area contributed by atoms with Crippen molar-refractivity contribution < 1.29 is 9.47 Å². The van der Waals surface area contributed by atoms with Crippen molar-refractivity contribution in [1.82, 2.24) is 9.97 Å². The zero-order valence-electron chi connectivity index (χ0n) is 9.65. The van der Waals surface area contributed by atoms with E-state index in [1.54, 1.807) is 12.1 Å². The quantitative estimate of drug-likeness (QED) is 0.835. The molecule has 0 aliphatic carbocycles. The summed E-state index contributed by atoms with van der Waals surface area (Å²) in [6.07, 6.45) is 0. The maximum absolute atomic E-state index is 6.05. The molecule has 0 fully saturated rings. The minimum Gasteiger partial charge on any atom is -0.481 e. The number of hydrogen-bond acceptors (Lipinski definition) is 5. The summed E-state index contributed by atoms with van der Waals surface area (Å²) in [5.41, 5.74) is 5.53. The van der Waals surface area contributed by atoms with Gasteiger partial charge >= 0.3 is 0 Å². The van der Waals surface area contributed by atoms with Crippen LogP contribution in [0.25, 0.3) is 0 Å². The second-order valence-electron chi connectivity index (χ2n) is 3.41. The maximum Gasteiger partial charge on any atom is 0.227 e. The Morgan fingerprint density at radius 3 is 2.47 bits per heavy atom. The maximum atomic E-state index is 6.05. The van der Waals surface area contributed by atoms with Crippen molar-refractivity contribution in [1.29, 1.82) is 0 Å². The molecule has 2 N–H and O–H groups in total. The largest absolute Gasteiger partial charge is 0.481 e. The number of methoxy groups -OCH3 is 1. The highest BCUT2D eigenvalue weighted by atomic mass is 79.9. The molecule has 0 aliphatic heterocycles. The summed E-state index contributed by atoms with van der Waals surface area (Å²) in [5.74, 6) is 0.898. The smallest absolute Gasteiger partial charge is 0.227 e. The van der Waals surface area contributed by atoms with Gasteiger partial charge in [0.1, 0.15) is 5.75 Å². The predicted octanol–water partition coefficient (Wildman–Crippen LogP) is 3.93. The fourth-order valence-corrected chi connectivity index (χ4v) is 2.10. The van der Waals surface area contributed by atoms with Crippen LogP contribution in [0.2, 0.25) is 10.0 Å². The number of rotatable bonds is 3. The summed E-state index contributed by atoms with van der Waals surface area (Å²) >= 11 is 15.3. The molecule has 0 bridgehead atoms. The van der Waals surface area contributed by atoms with Crippen LogP contribution in [0.5, 0.6) is 17.5 Å². The molecule has 2 aromatic rings. The molecule has 0 amide bonds. The number of aromatic nitrogens is 2. The highest BCUT2D eigenvalue weighted by molar-refractivity contribution is 9.10. The van der Waals surface area contributed by atoms with Crippen LogP contribution < -0.4 is 15.2 Å². The Morgan fingerprint density at radius 2 is 1.79 bits per heavy atom. The molecule has 0 spiro atoms. The molecule has 8 heteroatoms. The molecule has 0 saturated carbocycles. The Bertz CT molecular complexity index is 625. The fraction of sp³-hybridized carbons (Fsp3) is 0.0909. The highest BCUT2D eigenvalue weighted by Crippen LogP contribution is 2.36. The van der Waals surface area contributed by atoms with Crippen molar-refractivity contribution in [3.8, 4) is 17.5 Å². The summed E-state index contributed by atoms with van der Waals surface area (Å²) in [7, 11) is 1.47. The molecule has 100 valence electrons. The second kappa shape index (κ2) is 5.81. The lowest BCUT2D eigenvalue weighted by Crippen LogP contribution is -1.99. The van der Waals surface area contributed by atoms with Crippen molar-refractivity contribution in [2.45, 2.75) is 0 Å². The molecule has 0 unspecified atom stereocenters. The van der Waals surface area contributed by atoms with Crippen LogP contribution in [0.4, 0.5) is 5.95 Å². The summed E-state index contributed by atoms with van der Waals surface area (Å²) in [6.45, 7) is 0. The van der Waals surface area contributed by atoms with Gasteiger partial charge in [0.05, 0.1) is 23.2 Å². The lowest BCUT2D eigenvalue weighted by molar-refractivity contribution is 0.389. The summed E-state index contributed by atoms with van der Waals surface area (Å²) in [4.78, 5) is 7.77. The molecule has 5 nitrogen and oxygen atoms in total. The number of anilines is 1. The van der Waals surface area contributed by atoms with Crippen molar-refractivity contribution in [2.24, 2.45) is 0 Å². The molecule has 0 aliphatic rings. The Morgan fingerprint density at radius 1 is 1.11 bits per heavy atom. The lowest BCUT2D eigenvalue weighted by atomic mass is 10.3. The number of hydrogen-bond donors (Lipinski definition) is 1. The number of halogens is 3. The standard InChI is InChI=1S/C11H8BrCl2N3O2/c1-18-9-4-10(17-11(15)16-9)19-8-3-6(13)5(12)2-7(8)14/h2-4H,1H3,(H2,15,16,17). The van der Waals surface area contributed by atoms with E-state index in [0.29, 0.717) is 26.1 Å². The van der Waals surface area contributed by atoms with E-state index in [1.165, 1.54) is 13.2 Å². The first-order chi connectivity index (χ1) is 8.99. The average Bonchev–Trinajstić information content (AvgIpc) is 2.35.